The minimum absolute atomic E-state index is 0.0133. The maximum Gasteiger partial charge on any atom is 0.292 e. The van der Waals surface area contributed by atoms with Crippen molar-refractivity contribution in [3.05, 3.63) is 75.8 Å². The van der Waals surface area contributed by atoms with Gasteiger partial charge in [0.15, 0.2) is 5.69 Å². The predicted octanol–water partition coefficient (Wildman–Crippen LogP) is 3.07. The molecule has 11 nitrogen and oxygen atoms in total. The van der Waals surface area contributed by atoms with Crippen molar-refractivity contribution in [3.63, 3.8) is 0 Å². The molecule has 4 rings (SSSR count). The number of rotatable bonds is 7. The minimum Gasteiger partial charge on any atom is -0.489 e. The van der Waals surface area contributed by atoms with E-state index >= 15 is 0 Å². The van der Waals surface area contributed by atoms with Gasteiger partial charge < -0.3 is 10.5 Å². The van der Waals surface area contributed by atoms with Crippen molar-refractivity contribution >= 4 is 29.0 Å². The van der Waals surface area contributed by atoms with Crippen LogP contribution in [-0.2, 0) is 6.61 Å². The van der Waals surface area contributed by atoms with Crippen molar-refractivity contribution in [3.8, 4) is 11.6 Å². The number of halogens is 2. The molecule has 0 radical (unpaired) electrons. The average molecular weight is 485 g/mol. The fourth-order valence-corrected chi connectivity index (χ4v) is 3.19. The Balaban J connectivity index is 1.43. The molecule has 0 saturated carbocycles. The molecule has 174 valence electrons. The van der Waals surface area contributed by atoms with Gasteiger partial charge in [-0.3, -0.25) is 4.79 Å². The predicted molar refractivity (Wildman–Crippen MR) is 120 cm³/mol. The fourth-order valence-electron chi connectivity index (χ4n) is 2.97. The van der Waals surface area contributed by atoms with E-state index < -0.39 is 11.7 Å². The first-order chi connectivity index (χ1) is 16.3. The maximum absolute atomic E-state index is 13.9. The van der Waals surface area contributed by atoms with Gasteiger partial charge in [-0.1, -0.05) is 22.9 Å². The highest BCUT2D eigenvalue weighted by molar-refractivity contribution is 6.31. The molecule has 0 spiro atoms. The van der Waals surface area contributed by atoms with Crippen molar-refractivity contribution < 1.29 is 18.6 Å². The standard InChI is InChI=1S/C21H18ClFN8O3/c1-11(13-6-8-14(9-7-13)33-10-15-16(22)4-3-5-17(15)23)25-27-21(32)18-12(2)26-30-31(18)20-19(24)28-34-29-20/h3-9H,10H2,1-2H3,(H2,24,28)(H,27,32)/b25-11-. The molecule has 0 unspecified atom stereocenters. The zero-order chi connectivity index (χ0) is 24.2. The lowest BCUT2D eigenvalue weighted by Gasteiger charge is -2.09. The first-order valence-corrected chi connectivity index (χ1v) is 10.2. The Morgan fingerprint density at radius 1 is 1.26 bits per heavy atom. The summed E-state index contributed by atoms with van der Waals surface area (Å²) < 4.78 is 25.2. The first-order valence-electron chi connectivity index (χ1n) is 9.86. The van der Waals surface area contributed by atoms with Crippen LogP contribution in [0.2, 0.25) is 5.02 Å². The van der Waals surface area contributed by atoms with E-state index in [1.54, 1.807) is 44.2 Å². The van der Waals surface area contributed by atoms with Crippen molar-refractivity contribution in [1.29, 1.82) is 0 Å². The lowest BCUT2D eigenvalue weighted by molar-refractivity contribution is 0.0946. The van der Waals surface area contributed by atoms with E-state index in [1.165, 1.54) is 12.1 Å². The van der Waals surface area contributed by atoms with Gasteiger partial charge in [-0.05, 0) is 66.1 Å². The number of nitrogens with two attached hydrogens (primary N) is 1. The van der Waals surface area contributed by atoms with Gasteiger partial charge in [-0.15, -0.1) is 5.10 Å². The summed E-state index contributed by atoms with van der Waals surface area (Å²) in [5.74, 6) is -0.496. The minimum atomic E-state index is -0.578. The summed E-state index contributed by atoms with van der Waals surface area (Å²) in [5, 5.41) is 19.3. The van der Waals surface area contributed by atoms with Crippen LogP contribution in [0.25, 0.3) is 5.82 Å². The van der Waals surface area contributed by atoms with Gasteiger partial charge in [0.1, 0.15) is 18.2 Å². The highest BCUT2D eigenvalue weighted by atomic mass is 35.5. The van der Waals surface area contributed by atoms with Gasteiger partial charge in [-0.2, -0.15) is 9.78 Å². The molecule has 0 bridgehead atoms. The molecule has 13 heteroatoms. The molecule has 0 fully saturated rings. The maximum atomic E-state index is 13.9. The number of hydrogen-bond donors (Lipinski definition) is 2. The van der Waals surface area contributed by atoms with Gasteiger partial charge in [0, 0.05) is 5.56 Å². The molecule has 4 aromatic rings. The number of aromatic nitrogens is 5. The lowest BCUT2D eigenvalue weighted by Crippen LogP contribution is -2.24. The van der Waals surface area contributed by atoms with Crippen molar-refractivity contribution in [2.75, 3.05) is 5.73 Å². The Hall–Kier alpha value is -4.32. The van der Waals surface area contributed by atoms with Crippen LogP contribution in [0.1, 0.15) is 34.2 Å². The SMILES string of the molecule is C/C(=N/NC(=O)c1c(C)nnn1-c1nonc1N)c1ccc(OCc2c(F)cccc2Cl)cc1. The smallest absolute Gasteiger partial charge is 0.292 e. The van der Waals surface area contributed by atoms with E-state index in [-0.39, 0.29) is 29.5 Å². The number of hydrazone groups is 1. The van der Waals surface area contributed by atoms with E-state index in [1.807, 2.05) is 0 Å². The number of benzene rings is 2. The van der Waals surface area contributed by atoms with Crippen LogP contribution >= 0.6 is 11.6 Å². The Morgan fingerprint density at radius 3 is 2.71 bits per heavy atom. The van der Waals surface area contributed by atoms with Gasteiger partial charge in [0.25, 0.3) is 5.91 Å². The molecule has 0 aliphatic carbocycles. The highest BCUT2D eigenvalue weighted by Gasteiger charge is 2.23. The quantitative estimate of drug-likeness (QED) is 0.300. The van der Waals surface area contributed by atoms with Crippen LogP contribution in [0.4, 0.5) is 10.2 Å². The monoisotopic (exact) mass is 484 g/mol. The Kier molecular flexibility index (Phi) is 6.50. The molecule has 0 saturated heterocycles. The third-order valence-electron chi connectivity index (χ3n) is 4.79. The lowest BCUT2D eigenvalue weighted by atomic mass is 10.1. The molecular formula is C21H18ClFN8O3. The molecule has 0 aliphatic rings. The number of nitrogens with zero attached hydrogens (tertiary/aromatic N) is 6. The Labute approximate surface area is 197 Å². The second-order valence-electron chi connectivity index (χ2n) is 7.06. The van der Waals surface area contributed by atoms with Crippen LogP contribution in [-0.4, -0.2) is 36.9 Å². The molecule has 2 heterocycles. The second kappa shape index (κ2) is 9.67. The molecule has 1 amide bonds. The van der Waals surface area contributed by atoms with Crippen LogP contribution in [0, 0.1) is 12.7 Å². The topological polar surface area (TPSA) is 146 Å². The average Bonchev–Trinajstić information content (AvgIpc) is 3.42. The van der Waals surface area contributed by atoms with E-state index in [4.69, 9.17) is 22.1 Å². The molecule has 0 aliphatic heterocycles. The van der Waals surface area contributed by atoms with Crippen LogP contribution in [0.5, 0.6) is 5.75 Å². The number of carbonyl (C=O) groups is 1. The van der Waals surface area contributed by atoms with Gasteiger partial charge in [0.05, 0.1) is 16.4 Å². The number of aryl methyl sites for hydroxylation is 1. The Morgan fingerprint density at radius 2 is 2.03 bits per heavy atom. The summed E-state index contributed by atoms with van der Waals surface area (Å²) in [4.78, 5) is 12.7. The summed E-state index contributed by atoms with van der Waals surface area (Å²) in [6.07, 6.45) is 0. The second-order valence-corrected chi connectivity index (χ2v) is 7.47. The first kappa shape index (κ1) is 22.9. The largest absolute Gasteiger partial charge is 0.489 e. The molecule has 2 aromatic carbocycles. The zero-order valence-electron chi connectivity index (χ0n) is 18.0. The summed E-state index contributed by atoms with van der Waals surface area (Å²) in [6, 6.07) is 11.4. The molecular weight excluding hydrogens is 467 g/mol. The van der Waals surface area contributed by atoms with E-state index in [0.717, 1.165) is 10.2 Å². The number of carbonyl (C=O) groups excluding carboxylic acids is 1. The summed E-state index contributed by atoms with van der Waals surface area (Å²) in [7, 11) is 0. The van der Waals surface area contributed by atoms with Crippen LogP contribution in [0.15, 0.2) is 52.2 Å². The van der Waals surface area contributed by atoms with Gasteiger partial charge >= 0.3 is 0 Å². The number of nitrogens with one attached hydrogen (secondary N) is 1. The third-order valence-corrected chi connectivity index (χ3v) is 5.15. The van der Waals surface area contributed by atoms with E-state index in [0.29, 0.717) is 22.2 Å². The molecule has 34 heavy (non-hydrogen) atoms. The molecule has 2 aromatic heterocycles. The van der Waals surface area contributed by atoms with Gasteiger partial charge in [0.2, 0.25) is 11.6 Å². The van der Waals surface area contributed by atoms with Crippen LogP contribution in [0.3, 0.4) is 0 Å². The normalized spacial score (nSPS) is 11.5. The summed E-state index contributed by atoms with van der Waals surface area (Å²) >= 11 is 6.02. The number of anilines is 1. The van der Waals surface area contributed by atoms with Gasteiger partial charge in [-0.25, -0.2) is 14.4 Å². The van der Waals surface area contributed by atoms with Crippen molar-refractivity contribution in [2.24, 2.45) is 5.10 Å². The number of nitrogen functional groups attached to an aromatic ring is 1. The Bertz CT molecular complexity index is 1350. The third kappa shape index (κ3) is 4.71. The summed E-state index contributed by atoms with van der Waals surface area (Å²) in [5.41, 5.74) is 10.1. The zero-order valence-corrected chi connectivity index (χ0v) is 18.7. The fraction of sp³-hybridized carbons (Fsp3) is 0.143. The number of amides is 1. The van der Waals surface area contributed by atoms with E-state index in [9.17, 15) is 9.18 Å². The molecule has 3 N–H and O–H groups in total. The number of ether oxygens (including phenoxy) is 1. The number of hydrogen-bond acceptors (Lipinski definition) is 9. The van der Waals surface area contributed by atoms with Crippen LogP contribution < -0.4 is 15.9 Å². The summed E-state index contributed by atoms with van der Waals surface area (Å²) in [6.45, 7) is 3.31. The highest BCUT2D eigenvalue weighted by Crippen LogP contribution is 2.22. The van der Waals surface area contributed by atoms with Crippen molar-refractivity contribution in [2.45, 2.75) is 20.5 Å². The van der Waals surface area contributed by atoms with E-state index in [2.05, 4.69) is 35.8 Å². The van der Waals surface area contributed by atoms with Crippen molar-refractivity contribution in [1.82, 2.24) is 30.7 Å². The molecule has 0 atom stereocenters.